The van der Waals surface area contributed by atoms with E-state index < -0.39 is 0 Å². The molecule has 1 N–H and O–H groups in total. The van der Waals surface area contributed by atoms with Gasteiger partial charge in [0, 0.05) is 6.92 Å². The third-order valence-corrected chi connectivity index (χ3v) is 3.80. The molecule has 0 aliphatic carbocycles. The minimum atomic E-state index is 0.749. The van der Waals surface area contributed by atoms with Crippen LogP contribution < -0.4 is 5.32 Å². The Morgan fingerprint density at radius 2 is 2.39 bits per heavy atom. The molecular weight excluding hydrogens is 224 g/mol. The highest BCUT2D eigenvalue weighted by molar-refractivity contribution is 5.73. The zero-order valence-electron chi connectivity index (χ0n) is 10.9. The molecule has 96 valence electrons. The lowest BCUT2D eigenvalue weighted by atomic mass is 9.93. The van der Waals surface area contributed by atoms with E-state index in [-0.39, 0.29) is 0 Å². The van der Waals surface area contributed by atoms with E-state index in [0.717, 1.165) is 29.3 Å². The van der Waals surface area contributed by atoms with Crippen LogP contribution >= 0.6 is 0 Å². The number of benzene rings is 1. The number of oxazole rings is 1. The third-order valence-electron chi connectivity index (χ3n) is 3.80. The first kappa shape index (κ1) is 11.7. The summed E-state index contributed by atoms with van der Waals surface area (Å²) in [5, 5.41) is 3.48. The Kier molecular flexibility index (Phi) is 3.33. The van der Waals surface area contributed by atoms with Crippen molar-refractivity contribution in [2.45, 2.75) is 32.6 Å². The van der Waals surface area contributed by atoms with Crippen LogP contribution in [0.15, 0.2) is 22.6 Å². The molecule has 1 aliphatic heterocycles. The van der Waals surface area contributed by atoms with Gasteiger partial charge in [-0.3, -0.25) is 0 Å². The van der Waals surface area contributed by atoms with Gasteiger partial charge in [0.2, 0.25) is 0 Å². The van der Waals surface area contributed by atoms with Gasteiger partial charge in [0.15, 0.2) is 11.5 Å². The number of aromatic nitrogens is 1. The zero-order chi connectivity index (χ0) is 12.4. The fraction of sp³-hybridized carbons (Fsp3) is 0.533. The molecule has 1 saturated heterocycles. The molecule has 0 spiro atoms. The van der Waals surface area contributed by atoms with Crippen LogP contribution in [0.1, 0.15) is 30.7 Å². The van der Waals surface area contributed by atoms with Gasteiger partial charge in [-0.25, -0.2) is 4.98 Å². The second-order valence-electron chi connectivity index (χ2n) is 5.29. The third kappa shape index (κ3) is 2.56. The highest BCUT2D eigenvalue weighted by Crippen LogP contribution is 2.20. The van der Waals surface area contributed by atoms with Crippen molar-refractivity contribution >= 4 is 11.1 Å². The molecule has 0 radical (unpaired) electrons. The molecule has 3 rings (SSSR count). The van der Waals surface area contributed by atoms with Crippen molar-refractivity contribution in [2.24, 2.45) is 5.92 Å². The molecule has 1 aromatic carbocycles. The molecule has 0 bridgehead atoms. The Hall–Kier alpha value is -1.35. The molecule has 2 heterocycles. The van der Waals surface area contributed by atoms with E-state index in [1.165, 1.54) is 37.9 Å². The van der Waals surface area contributed by atoms with E-state index in [0.29, 0.717) is 0 Å². The average molecular weight is 244 g/mol. The van der Waals surface area contributed by atoms with Crippen LogP contribution in [0, 0.1) is 12.8 Å². The number of nitrogens with zero attached hydrogens (tertiary/aromatic N) is 1. The molecule has 2 aromatic rings. The summed E-state index contributed by atoms with van der Waals surface area (Å²) in [5.41, 5.74) is 3.27. The van der Waals surface area contributed by atoms with Gasteiger partial charge in [-0.05, 0) is 62.4 Å². The molecule has 3 heteroatoms. The highest BCUT2D eigenvalue weighted by Gasteiger charge is 2.13. The van der Waals surface area contributed by atoms with Gasteiger partial charge in [0.05, 0.1) is 0 Å². The normalized spacial score (nSPS) is 20.4. The van der Waals surface area contributed by atoms with Crippen LogP contribution in [0.4, 0.5) is 0 Å². The number of piperidine rings is 1. The van der Waals surface area contributed by atoms with Gasteiger partial charge < -0.3 is 9.73 Å². The van der Waals surface area contributed by atoms with Crippen molar-refractivity contribution in [3.05, 3.63) is 29.7 Å². The summed E-state index contributed by atoms with van der Waals surface area (Å²) in [7, 11) is 0. The summed E-state index contributed by atoms with van der Waals surface area (Å²) in [4.78, 5) is 4.39. The first-order chi connectivity index (χ1) is 8.81. The fourth-order valence-electron chi connectivity index (χ4n) is 2.78. The lowest BCUT2D eigenvalue weighted by molar-refractivity contribution is 0.358. The zero-order valence-corrected chi connectivity index (χ0v) is 10.9. The van der Waals surface area contributed by atoms with E-state index in [1.54, 1.807) is 0 Å². The molecule has 3 nitrogen and oxygen atoms in total. The number of aryl methyl sites for hydroxylation is 2. The Morgan fingerprint density at radius 1 is 1.44 bits per heavy atom. The van der Waals surface area contributed by atoms with Crippen LogP contribution in [-0.2, 0) is 6.42 Å². The molecule has 0 amide bonds. The number of hydrogen-bond acceptors (Lipinski definition) is 3. The fourth-order valence-corrected chi connectivity index (χ4v) is 2.78. The number of hydrogen-bond donors (Lipinski definition) is 1. The first-order valence-electron chi connectivity index (χ1n) is 6.88. The SMILES string of the molecule is Cc1nc2cc(CCC3CCCNC3)ccc2o1. The number of rotatable bonds is 3. The molecule has 1 aromatic heterocycles. The summed E-state index contributed by atoms with van der Waals surface area (Å²) < 4.78 is 5.50. The maximum atomic E-state index is 5.50. The van der Waals surface area contributed by atoms with Gasteiger partial charge in [-0.2, -0.15) is 0 Å². The molecule has 0 saturated carbocycles. The standard InChI is InChI=1S/C15H20N2O/c1-11-17-14-9-12(6-7-15(14)18-11)4-5-13-3-2-8-16-10-13/h6-7,9,13,16H,2-5,8,10H2,1H3. The minimum absolute atomic E-state index is 0.749. The van der Waals surface area contributed by atoms with Gasteiger partial charge in [-0.15, -0.1) is 0 Å². The van der Waals surface area contributed by atoms with Crippen LogP contribution in [0.25, 0.3) is 11.1 Å². The number of fused-ring (bicyclic) bond motifs is 1. The molecule has 1 atom stereocenters. The number of nitrogens with one attached hydrogen (secondary N) is 1. The maximum absolute atomic E-state index is 5.50. The Bertz CT molecular complexity index is 526. The van der Waals surface area contributed by atoms with Crippen LogP contribution in [0.5, 0.6) is 0 Å². The summed E-state index contributed by atoms with van der Waals surface area (Å²) in [6.45, 7) is 4.28. The van der Waals surface area contributed by atoms with E-state index in [2.05, 4.69) is 22.4 Å². The van der Waals surface area contributed by atoms with Crippen molar-refractivity contribution in [1.29, 1.82) is 0 Å². The topological polar surface area (TPSA) is 38.1 Å². The van der Waals surface area contributed by atoms with Crippen molar-refractivity contribution in [1.82, 2.24) is 10.3 Å². The summed E-state index contributed by atoms with van der Waals surface area (Å²) in [6.07, 6.45) is 5.12. The van der Waals surface area contributed by atoms with Gasteiger partial charge in [0.1, 0.15) is 5.52 Å². The second-order valence-corrected chi connectivity index (χ2v) is 5.29. The van der Waals surface area contributed by atoms with Crippen LogP contribution in [0.2, 0.25) is 0 Å². The van der Waals surface area contributed by atoms with Gasteiger partial charge in [-0.1, -0.05) is 6.07 Å². The van der Waals surface area contributed by atoms with Crippen molar-refractivity contribution < 1.29 is 4.42 Å². The maximum Gasteiger partial charge on any atom is 0.192 e. The predicted octanol–water partition coefficient (Wildman–Crippen LogP) is 3.07. The van der Waals surface area contributed by atoms with Crippen molar-refractivity contribution in [2.75, 3.05) is 13.1 Å². The molecular formula is C15H20N2O. The summed E-state index contributed by atoms with van der Waals surface area (Å²) in [6, 6.07) is 6.38. The van der Waals surface area contributed by atoms with E-state index in [9.17, 15) is 0 Å². The van der Waals surface area contributed by atoms with E-state index in [1.807, 2.05) is 13.0 Å². The highest BCUT2D eigenvalue weighted by atomic mass is 16.3. The lowest BCUT2D eigenvalue weighted by Gasteiger charge is -2.22. The minimum Gasteiger partial charge on any atom is -0.441 e. The molecule has 1 aliphatic rings. The smallest absolute Gasteiger partial charge is 0.192 e. The predicted molar refractivity (Wildman–Crippen MR) is 72.7 cm³/mol. The molecule has 1 unspecified atom stereocenters. The van der Waals surface area contributed by atoms with E-state index >= 15 is 0 Å². The van der Waals surface area contributed by atoms with Crippen molar-refractivity contribution in [3.63, 3.8) is 0 Å². The average Bonchev–Trinajstić information content (AvgIpc) is 2.77. The van der Waals surface area contributed by atoms with E-state index in [4.69, 9.17) is 4.42 Å². The van der Waals surface area contributed by atoms with Crippen molar-refractivity contribution in [3.8, 4) is 0 Å². The van der Waals surface area contributed by atoms with Gasteiger partial charge >= 0.3 is 0 Å². The Morgan fingerprint density at radius 3 is 3.22 bits per heavy atom. The summed E-state index contributed by atoms with van der Waals surface area (Å²) in [5.74, 6) is 1.59. The monoisotopic (exact) mass is 244 g/mol. The quantitative estimate of drug-likeness (QED) is 0.901. The first-order valence-corrected chi connectivity index (χ1v) is 6.88. The summed E-state index contributed by atoms with van der Waals surface area (Å²) >= 11 is 0. The second kappa shape index (κ2) is 5.11. The largest absolute Gasteiger partial charge is 0.441 e. The Labute approximate surface area is 108 Å². The molecule has 1 fully saturated rings. The van der Waals surface area contributed by atoms with Crippen LogP contribution in [-0.4, -0.2) is 18.1 Å². The molecule has 18 heavy (non-hydrogen) atoms. The van der Waals surface area contributed by atoms with Gasteiger partial charge in [0.25, 0.3) is 0 Å². The lowest BCUT2D eigenvalue weighted by Crippen LogP contribution is -2.29. The Balaban J connectivity index is 1.66. The van der Waals surface area contributed by atoms with Crippen LogP contribution in [0.3, 0.4) is 0 Å².